The van der Waals surface area contributed by atoms with E-state index in [4.69, 9.17) is 0 Å². The van der Waals surface area contributed by atoms with Crippen molar-refractivity contribution in [3.63, 3.8) is 0 Å². The van der Waals surface area contributed by atoms with Crippen molar-refractivity contribution in [3.05, 3.63) is 58.9 Å². The summed E-state index contributed by atoms with van der Waals surface area (Å²) in [5.41, 5.74) is 1.46. The zero-order valence-corrected chi connectivity index (χ0v) is 17.0. The number of carbonyl (C=O) groups is 2. The van der Waals surface area contributed by atoms with E-state index >= 15 is 0 Å². The molecule has 2 heterocycles. The van der Waals surface area contributed by atoms with Gasteiger partial charge in [0, 0.05) is 56.5 Å². The number of hydrogen-bond donors (Lipinski definition) is 2. The molecule has 160 valence electrons. The Morgan fingerprint density at radius 3 is 2.47 bits per heavy atom. The van der Waals surface area contributed by atoms with Crippen molar-refractivity contribution in [1.82, 2.24) is 20.1 Å². The molecule has 1 fully saturated rings. The lowest BCUT2D eigenvalue weighted by atomic mass is 10.1. The molecule has 0 spiro atoms. The monoisotopic (exact) mass is 417 g/mol. The molecule has 0 bridgehead atoms. The molecule has 0 radical (unpaired) electrons. The number of piperazine rings is 1. The molecule has 2 aromatic rings. The summed E-state index contributed by atoms with van der Waals surface area (Å²) in [7, 11) is 0. The second-order valence-corrected chi connectivity index (χ2v) is 7.28. The summed E-state index contributed by atoms with van der Waals surface area (Å²) < 4.78 is 29.1. The van der Waals surface area contributed by atoms with Gasteiger partial charge in [-0.25, -0.2) is 13.6 Å². The molecule has 0 unspecified atom stereocenters. The average Bonchev–Trinajstić information content (AvgIpc) is 2.72. The molecule has 1 aliphatic rings. The van der Waals surface area contributed by atoms with Crippen LogP contribution in [0.15, 0.2) is 30.5 Å². The third kappa shape index (κ3) is 5.50. The molecule has 30 heavy (non-hydrogen) atoms. The fraction of sp³-hybridized carbons (Fsp3) is 0.381. The summed E-state index contributed by atoms with van der Waals surface area (Å²) >= 11 is 0. The molecule has 1 aromatic heterocycles. The Morgan fingerprint density at radius 2 is 1.83 bits per heavy atom. The highest BCUT2D eigenvalue weighted by Crippen LogP contribution is 2.19. The SMILES string of the molecule is CC(=O)N1CCN(Cc2ccc(F)c(CNC(=O)Nc3ccc(C)nc3)c2F)CC1. The third-order valence-corrected chi connectivity index (χ3v) is 5.07. The average molecular weight is 417 g/mol. The maximum Gasteiger partial charge on any atom is 0.319 e. The van der Waals surface area contributed by atoms with Crippen LogP contribution in [0.25, 0.3) is 0 Å². The quantitative estimate of drug-likeness (QED) is 0.784. The van der Waals surface area contributed by atoms with E-state index < -0.39 is 17.7 Å². The molecular formula is C21H25F2N5O2. The van der Waals surface area contributed by atoms with Crippen LogP contribution in [0.5, 0.6) is 0 Å². The second-order valence-electron chi connectivity index (χ2n) is 7.28. The smallest absolute Gasteiger partial charge is 0.319 e. The number of anilines is 1. The molecule has 0 atom stereocenters. The van der Waals surface area contributed by atoms with Gasteiger partial charge < -0.3 is 15.5 Å². The van der Waals surface area contributed by atoms with Gasteiger partial charge in [-0.15, -0.1) is 0 Å². The number of rotatable bonds is 5. The van der Waals surface area contributed by atoms with Crippen LogP contribution in [-0.2, 0) is 17.9 Å². The van der Waals surface area contributed by atoms with E-state index in [0.29, 0.717) is 44.0 Å². The lowest BCUT2D eigenvalue weighted by molar-refractivity contribution is -0.130. The molecule has 1 aromatic carbocycles. The summed E-state index contributed by atoms with van der Waals surface area (Å²) in [6, 6.07) is 5.49. The van der Waals surface area contributed by atoms with Crippen molar-refractivity contribution >= 4 is 17.6 Å². The lowest BCUT2D eigenvalue weighted by Crippen LogP contribution is -2.47. The standard InChI is InChI=1S/C21H25F2N5O2/c1-14-3-5-17(11-24-14)26-21(30)25-12-18-19(22)6-4-16(20(18)23)13-27-7-9-28(10-8-27)15(2)29/h3-6,11H,7-10,12-13H2,1-2H3,(H2,25,26,30). The minimum absolute atomic E-state index is 0.0238. The Bertz CT molecular complexity index is 912. The normalized spacial score (nSPS) is 14.5. The molecule has 9 heteroatoms. The molecule has 1 aliphatic heterocycles. The summed E-state index contributed by atoms with van der Waals surface area (Å²) in [5, 5.41) is 5.05. The highest BCUT2D eigenvalue weighted by atomic mass is 19.1. The molecule has 3 amide bonds. The number of pyridine rings is 1. The van der Waals surface area contributed by atoms with Gasteiger partial charge in [0.25, 0.3) is 0 Å². The molecule has 2 N–H and O–H groups in total. The van der Waals surface area contributed by atoms with Gasteiger partial charge >= 0.3 is 6.03 Å². The van der Waals surface area contributed by atoms with Crippen molar-refractivity contribution < 1.29 is 18.4 Å². The maximum atomic E-state index is 14.9. The van der Waals surface area contributed by atoms with Gasteiger partial charge in [0.05, 0.1) is 18.4 Å². The number of aryl methyl sites for hydroxylation is 1. The van der Waals surface area contributed by atoms with Crippen LogP contribution in [0, 0.1) is 18.6 Å². The Kier molecular flexibility index (Phi) is 6.94. The topological polar surface area (TPSA) is 77.6 Å². The molecule has 0 aliphatic carbocycles. The predicted octanol–water partition coefficient (Wildman–Crippen LogP) is 2.65. The molecular weight excluding hydrogens is 392 g/mol. The second kappa shape index (κ2) is 9.62. The van der Waals surface area contributed by atoms with Gasteiger partial charge in [0.2, 0.25) is 5.91 Å². The fourth-order valence-corrected chi connectivity index (χ4v) is 3.28. The largest absolute Gasteiger partial charge is 0.340 e. The summed E-state index contributed by atoms with van der Waals surface area (Å²) in [4.78, 5) is 31.3. The van der Waals surface area contributed by atoms with E-state index in [9.17, 15) is 18.4 Å². The minimum Gasteiger partial charge on any atom is -0.340 e. The van der Waals surface area contributed by atoms with Crippen molar-refractivity contribution in [1.29, 1.82) is 0 Å². The van der Waals surface area contributed by atoms with Gasteiger partial charge in [0.15, 0.2) is 0 Å². The van der Waals surface area contributed by atoms with Crippen molar-refractivity contribution in [2.75, 3.05) is 31.5 Å². The Balaban J connectivity index is 1.59. The number of halogens is 2. The van der Waals surface area contributed by atoms with Gasteiger partial charge in [-0.1, -0.05) is 6.07 Å². The van der Waals surface area contributed by atoms with Crippen molar-refractivity contribution in [3.8, 4) is 0 Å². The van der Waals surface area contributed by atoms with Gasteiger partial charge in [-0.2, -0.15) is 0 Å². The number of hydrogen-bond acceptors (Lipinski definition) is 4. The summed E-state index contributed by atoms with van der Waals surface area (Å²) in [6.45, 7) is 5.79. The molecule has 0 saturated carbocycles. The first-order valence-corrected chi connectivity index (χ1v) is 9.74. The summed E-state index contributed by atoms with van der Waals surface area (Å²) in [6.07, 6.45) is 1.50. The van der Waals surface area contributed by atoms with Crippen LogP contribution >= 0.6 is 0 Å². The van der Waals surface area contributed by atoms with E-state index in [2.05, 4.69) is 15.6 Å². The highest BCUT2D eigenvalue weighted by molar-refractivity contribution is 5.88. The zero-order valence-electron chi connectivity index (χ0n) is 17.0. The Labute approximate surface area is 174 Å². The number of aromatic nitrogens is 1. The van der Waals surface area contributed by atoms with Crippen LogP contribution in [0.1, 0.15) is 23.7 Å². The van der Waals surface area contributed by atoms with Crippen molar-refractivity contribution in [2.24, 2.45) is 0 Å². The van der Waals surface area contributed by atoms with Gasteiger partial charge in [0.1, 0.15) is 11.6 Å². The maximum absolute atomic E-state index is 14.9. The van der Waals surface area contributed by atoms with E-state index in [1.807, 2.05) is 11.8 Å². The number of nitrogens with zero attached hydrogens (tertiary/aromatic N) is 3. The Morgan fingerprint density at radius 1 is 1.10 bits per heavy atom. The van der Waals surface area contributed by atoms with Gasteiger partial charge in [-0.05, 0) is 25.1 Å². The molecule has 7 nitrogen and oxygen atoms in total. The van der Waals surface area contributed by atoms with Gasteiger partial charge in [-0.3, -0.25) is 14.7 Å². The molecule has 1 saturated heterocycles. The number of benzene rings is 1. The highest BCUT2D eigenvalue weighted by Gasteiger charge is 2.21. The number of nitrogens with one attached hydrogen (secondary N) is 2. The van der Waals surface area contributed by atoms with Crippen LogP contribution in [0.2, 0.25) is 0 Å². The fourth-order valence-electron chi connectivity index (χ4n) is 3.28. The first-order chi connectivity index (χ1) is 14.3. The first kappa shape index (κ1) is 21.6. The zero-order chi connectivity index (χ0) is 21.7. The minimum atomic E-state index is -0.713. The number of amides is 3. The van der Waals surface area contributed by atoms with E-state index in [-0.39, 0.29) is 18.0 Å². The van der Waals surface area contributed by atoms with Crippen LogP contribution in [0.3, 0.4) is 0 Å². The third-order valence-electron chi connectivity index (χ3n) is 5.07. The first-order valence-electron chi connectivity index (χ1n) is 9.74. The van der Waals surface area contributed by atoms with Crippen LogP contribution in [0.4, 0.5) is 19.3 Å². The van der Waals surface area contributed by atoms with E-state index in [1.165, 1.54) is 25.3 Å². The van der Waals surface area contributed by atoms with Crippen LogP contribution < -0.4 is 10.6 Å². The van der Waals surface area contributed by atoms with E-state index in [0.717, 1.165) is 5.69 Å². The number of carbonyl (C=O) groups excluding carboxylic acids is 2. The molecule has 3 rings (SSSR count). The van der Waals surface area contributed by atoms with Crippen LogP contribution in [-0.4, -0.2) is 52.9 Å². The predicted molar refractivity (Wildman–Crippen MR) is 109 cm³/mol. The lowest BCUT2D eigenvalue weighted by Gasteiger charge is -2.34. The van der Waals surface area contributed by atoms with Crippen molar-refractivity contribution in [2.45, 2.75) is 26.9 Å². The van der Waals surface area contributed by atoms with E-state index in [1.54, 1.807) is 17.0 Å². The number of urea groups is 1. The Hall–Kier alpha value is -3.07. The summed E-state index contributed by atoms with van der Waals surface area (Å²) in [5.74, 6) is -1.35.